The summed E-state index contributed by atoms with van der Waals surface area (Å²) in [6.45, 7) is 5.05. The third kappa shape index (κ3) is 3.32. The number of aryl methyl sites for hydroxylation is 1. The zero-order valence-corrected chi connectivity index (χ0v) is 9.64. The predicted molar refractivity (Wildman–Crippen MR) is 62.7 cm³/mol. The number of halogens is 1. The third-order valence-electron chi connectivity index (χ3n) is 2.47. The van der Waals surface area contributed by atoms with Gasteiger partial charge >= 0.3 is 0 Å². The minimum Gasteiger partial charge on any atom is -0.330 e. The molecule has 0 amide bonds. The molecule has 2 heteroatoms. The van der Waals surface area contributed by atoms with E-state index in [1.54, 1.807) is 0 Å². The average Bonchev–Trinajstić information content (AvgIpc) is 2.12. The molecule has 0 aliphatic rings. The summed E-state index contributed by atoms with van der Waals surface area (Å²) in [6.07, 6.45) is 2.18. The Bertz CT molecular complexity index is 296. The van der Waals surface area contributed by atoms with Crippen molar-refractivity contribution in [2.24, 2.45) is 11.7 Å². The number of nitrogens with two attached hydrogens (primary N) is 1. The average molecular weight is 212 g/mol. The van der Waals surface area contributed by atoms with Crippen LogP contribution in [-0.2, 0) is 6.42 Å². The fourth-order valence-electron chi connectivity index (χ4n) is 1.62. The lowest BCUT2D eigenvalue weighted by Crippen LogP contribution is -2.08. The molecular weight excluding hydrogens is 194 g/mol. The molecule has 1 atom stereocenters. The van der Waals surface area contributed by atoms with Crippen LogP contribution in [0.2, 0.25) is 5.02 Å². The molecule has 0 heterocycles. The van der Waals surface area contributed by atoms with E-state index in [0.29, 0.717) is 5.92 Å². The van der Waals surface area contributed by atoms with E-state index in [0.717, 1.165) is 30.0 Å². The lowest BCUT2D eigenvalue weighted by atomic mass is 9.97. The molecule has 0 aliphatic heterocycles. The summed E-state index contributed by atoms with van der Waals surface area (Å²) in [4.78, 5) is 0. The Morgan fingerprint density at radius 1 is 1.43 bits per heavy atom. The van der Waals surface area contributed by atoms with Crippen molar-refractivity contribution in [3.05, 3.63) is 34.3 Å². The van der Waals surface area contributed by atoms with Crippen molar-refractivity contribution in [3.8, 4) is 0 Å². The summed E-state index contributed by atoms with van der Waals surface area (Å²) in [5.74, 6) is 0.653. The zero-order chi connectivity index (χ0) is 10.6. The minimum atomic E-state index is 0.653. The van der Waals surface area contributed by atoms with Gasteiger partial charge in [-0.2, -0.15) is 0 Å². The normalized spacial score (nSPS) is 12.9. The second-order valence-electron chi connectivity index (χ2n) is 3.97. The first-order chi connectivity index (χ1) is 6.63. The van der Waals surface area contributed by atoms with E-state index in [-0.39, 0.29) is 0 Å². The topological polar surface area (TPSA) is 26.0 Å². The maximum absolute atomic E-state index is 5.96. The van der Waals surface area contributed by atoms with Gasteiger partial charge in [0.2, 0.25) is 0 Å². The molecule has 0 fully saturated rings. The molecule has 0 radical (unpaired) electrons. The van der Waals surface area contributed by atoms with Crippen LogP contribution in [0.1, 0.15) is 24.5 Å². The highest BCUT2D eigenvalue weighted by Crippen LogP contribution is 2.19. The number of hydrogen-bond acceptors (Lipinski definition) is 1. The fourth-order valence-corrected chi connectivity index (χ4v) is 1.74. The van der Waals surface area contributed by atoms with Crippen LogP contribution in [0.25, 0.3) is 0 Å². The monoisotopic (exact) mass is 211 g/mol. The van der Waals surface area contributed by atoms with Gasteiger partial charge < -0.3 is 5.73 Å². The zero-order valence-electron chi connectivity index (χ0n) is 8.89. The Morgan fingerprint density at radius 2 is 2.14 bits per heavy atom. The minimum absolute atomic E-state index is 0.653. The maximum Gasteiger partial charge on any atom is 0.0435 e. The van der Waals surface area contributed by atoms with Crippen molar-refractivity contribution < 1.29 is 0 Å². The highest BCUT2D eigenvalue weighted by molar-refractivity contribution is 6.31. The van der Waals surface area contributed by atoms with Gasteiger partial charge in [0.15, 0.2) is 0 Å². The second-order valence-corrected chi connectivity index (χ2v) is 4.38. The summed E-state index contributed by atoms with van der Waals surface area (Å²) in [6, 6.07) is 6.24. The Morgan fingerprint density at radius 3 is 2.71 bits per heavy atom. The number of rotatable bonds is 4. The lowest BCUT2D eigenvalue weighted by Gasteiger charge is -2.10. The highest BCUT2D eigenvalue weighted by atomic mass is 35.5. The molecule has 1 aromatic rings. The summed E-state index contributed by atoms with van der Waals surface area (Å²) in [5.41, 5.74) is 8.03. The molecule has 1 nitrogen and oxygen atoms in total. The molecule has 0 aromatic heterocycles. The van der Waals surface area contributed by atoms with E-state index in [9.17, 15) is 0 Å². The van der Waals surface area contributed by atoms with Crippen molar-refractivity contribution in [1.82, 2.24) is 0 Å². The Hall–Kier alpha value is -0.530. The first-order valence-electron chi connectivity index (χ1n) is 5.08. The molecule has 14 heavy (non-hydrogen) atoms. The van der Waals surface area contributed by atoms with Crippen LogP contribution in [0.5, 0.6) is 0 Å². The van der Waals surface area contributed by atoms with Gasteiger partial charge in [-0.1, -0.05) is 30.7 Å². The van der Waals surface area contributed by atoms with Crippen molar-refractivity contribution in [2.75, 3.05) is 6.54 Å². The summed E-state index contributed by atoms with van der Waals surface area (Å²) < 4.78 is 0. The van der Waals surface area contributed by atoms with Gasteiger partial charge in [-0.25, -0.2) is 0 Å². The summed E-state index contributed by atoms with van der Waals surface area (Å²) in [7, 11) is 0. The summed E-state index contributed by atoms with van der Waals surface area (Å²) >= 11 is 5.96. The molecule has 0 aliphatic carbocycles. The Labute approximate surface area is 91.3 Å². The number of hydrogen-bond donors (Lipinski definition) is 1. The molecule has 0 saturated heterocycles. The second kappa shape index (κ2) is 5.38. The highest BCUT2D eigenvalue weighted by Gasteiger charge is 2.03. The van der Waals surface area contributed by atoms with Crippen molar-refractivity contribution in [2.45, 2.75) is 26.7 Å². The van der Waals surface area contributed by atoms with Crippen LogP contribution in [0.4, 0.5) is 0 Å². The quantitative estimate of drug-likeness (QED) is 0.814. The van der Waals surface area contributed by atoms with Crippen LogP contribution in [0.15, 0.2) is 18.2 Å². The first kappa shape index (κ1) is 11.5. The number of benzene rings is 1. The largest absolute Gasteiger partial charge is 0.330 e. The van der Waals surface area contributed by atoms with E-state index in [2.05, 4.69) is 19.1 Å². The van der Waals surface area contributed by atoms with Gasteiger partial charge in [0, 0.05) is 5.02 Å². The molecule has 0 spiro atoms. The molecule has 0 saturated carbocycles. The van der Waals surface area contributed by atoms with Crippen molar-refractivity contribution in [3.63, 3.8) is 0 Å². The van der Waals surface area contributed by atoms with E-state index < -0.39 is 0 Å². The van der Waals surface area contributed by atoms with Crippen LogP contribution < -0.4 is 5.73 Å². The van der Waals surface area contributed by atoms with Crippen molar-refractivity contribution >= 4 is 11.6 Å². The Balaban J connectivity index is 2.63. The van der Waals surface area contributed by atoms with E-state index in [1.807, 2.05) is 13.0 Å². The van der Waals surface area contributed by atoms with Crippen LogP contribution in [-0.4, -0.2) is 6.54 Å². The SMILES string of the molecule is Cc1cc(CC(C)CCN)ccc1Cl. The molecular formula is C12H18ClN. The molecule has 1 aromatic carbocycles. The predicted octanol–water partition coefficient (Wildman–Crippen LogP) is 3.18. The molecule has 2 N–H and O–H groups in total. The third-order valence-corrected chi connectivity index (χ3v) is 2.89. The summed E-state index contributed by atoms with van der Waals surface area (Å²) in [5, 5.41) is 0.847. The van der Waals surface area contributed by atoms with Gasteiger partial charge in [0.25, 0.3) is 0 Å². The molecule has 1 unspecified atom stereocenters. The maximum atomic E-state index is 5.96. The van der Waals surface area contributed by atoms with E-state index >= 15 is 0 Å². The van der Waals surface area contributed by atoms with Gasteiger partial charge in [-0.3, -0.25) is 0 Å². The molecule has 1 rings (SSSR count). The fraction of sp³-hybridized carbons (Fsp3) is 0.500. The van der Waals surface area contributed by atoms with E-state index in [1.165, 1.54) is 5.56 Å². The first-order valence-corrected chi connectivity index (χ1v) is 5.46. The van der Waals surface area contributed by atoms with Gasteiger partial charge in [-0.05, 0) is 49.4 Å². The van der Waals surface area contributed by atoms with Crippen molar-refractivity contribution in [1.29, 1.82) is 0 Å². The lowest BCUT2D eigenvalue weighted by molar-refractivity contribution is 0.538. The van der Waals surface area contributed by atoms with Gasteiger partial charge in [0.1, 0.15) is 0 Å². The van der Waals surface area contributed by atoms with Crippen LogP contribution >= 0.6 is 11.6 Å². The van der Waals surface area contributed by atoms with Crippen LogP contribution in [0, 0.1) is 12.8 Å². The smallest absolute Gasteiger partial charge is 0.0435 e. The standard InChI is InChI=1S/C12H18ClN/c1-9(5-6-14)7-11-3-4-12(13)10(2)8-11/h3-4,8-9H,5-7,14H2,1-2H3. The van der Waals surface area contributed by atoms with Crippen LogP contribution in [0.3, 0.4) is 0 Å². The Kier molecular flexibility index (Phi) is 4.43. The van der Waals surface area contributed by atoms with Gasteiger partial charge in [-0.15, -0.1) is 0 Å². The van der Waals surface area contributed by atoms with Gasteiger partial charge in [0.05, 0.1) is 0 Å². The molecule has 0 bridgehead atoms. The van der Waals surface area contributed by atoms with E-state index in [4.69, 9.17) is 17.3 Å². The molecule has 78 valence electrons.